The Bertz CT molecular complexity index is 946. The third kappa shape index (κ3) is 4.12. The summed E-state index contributed by atoms with van der Waals surface area (Å²) in [5.74, 6) is 0.978. The van der Waals surface area contributed by atoms with Crippen LogP contribution in [0.1, 0.15) is 35.4 Å². The van der Waals surface area contributed by atoms with Gasteiger partial charge in [-0.15, -0.1) is 11.3 Å². The molecule has 0 radical (unpaired) electrons. The van der Waals surface area contributed by atoms with Gasteiger partial charge in [-0.2, -0.15) is 0 Å². The quantitative estimate of drug-likeness (QED) is 0.668. The number of para-hydroxylation sites is 1. The van der Waals surface area contributed by atoms with Gasteiger partial charge >= 0.3 is 0 Å². The Morgan fingerprint density at radius 2 is 1.82 bits per heavy atom. The van der Waals surface area contributed by atoms with E-state index in [0.717, 1.165) is 47.3 Å². The predicted octanol–water partition coefficient (Wildman–Crippen LogP) is 4.52. The minimum Gasteiger partial charge on any atom is -0.377 e. The van der Waals surface area contributed by atoms with Crippen LogP contribution in [-0.2, 0) is 0 Å². The van der Waals surface area contributed by atoms with Crippen molar-refractivity contribution in [2.24, 2.45) is 0 Å². The summed E-state index contributed by atoms with van der Waals surface area (Å²) in [6.07, 6.45) is 4.04. The maximum atomic E-state index is 12.2. The van der Waals surface area contributed by atoms with Gasteiger partial charge in [-0.25, -0.2) is 4.98 Å². The molecule has 0 atom stereocenters. The third-order valence-electron chi connectivity index (χ3n) is 5.34. The second-order valence-electron chi connectivity index (χ2n) is 7.58. The molecule has 1 aliphatic rings. The molecule has 2 heterocycles. The summed E-state index contributed by atoms with van der Waals surface area (Å²) in [5, 5.41) is 9.90. The van der Waals surface area contributed by atoms with Crippen LogP contribution in [0.5, 0.6) is 0 Å². The molecule has 5 nitrogen and oxygen atoms in total. The van der Waals surface area contributed by atoms with E-state index in [9.17, 15) is 4.79 Å². The normalized spacial score (nSPS) is 19.4. The number of hydrogen-bond donors (Lipinski definition) is 2. The van der Waals surface area contributed by atoms with E-state index in [0.29, 0.717) is 6.04 Å². The number of carbonyl (C=O) groups excluding carboxylic acids is 1. The van der Waals surface area contributed by atoms with Crippen molar-refractivity contribution >= 4 is 39.7 Å². The van der Waals surface area contributed by atoms with Crippen molar-refractivity contribution in [1.29, 1.82) is 0 Å². The van der Waals surface area contributed by atoms with Gasteiger partial charge < -0.3 is 15.5 Å². The topological polar surface area (TPSA) is 57.3 Å². The fraction of sp³-hybridized carbons (Fsp3) is 0.364. The Kier molecular flexibility index (Phi) is 5.48. The molecule has 2 aromatic heterocycles. The van der Waals surface area contributed by atoms with Crippen molar-refractivity contribution in [3.8, 4) is 0 Å². The van der Waals surface area contributed by atoms with E-state index in [-0.39, 0.29) is 11.9 Å². The number of nitrogens with zero attached hydrogens (tertiary/aromatic N) is 2. The zero-order valence-electron chi connectivity index (χ0n) is 16.3. The van der Waals surface area contributed by atoms with E-state index in [2.05, 4.69) is 53.9 Å². The lowest BCUT2D eigenvalue weighted by Gasteiger charge is -2.30. The van der Waals surface area contributed by atoms with E-state index >= 15 is 0 Å². The molecule has 0 spiro atoms. The molecule has 146 valence electrons. The lowest BCUT2D eigenvalue weighted by atomic mass is 9.91. The van der Waals surface area contributed by atoms with E-state index in [1.807, 2.05) is 23.6 Å². The average Bonchev–Trinajstić information content (AvgIpc) is 3.24. The Morgan fingerprint density at radius 3 is 2.54 bits per heavy atom. The van der Waals surface area contributed by atoms with Crippen LogP contribution in [0.25, 0.3) is 10.9 Å². The number of pyridine rings is 1. The number of nitrogens with one attached hydrogen (secondary N) is 2. The smallest absolute Gasteiger partial charge is 0.261 e. The van der Waals surface area contributed by atoms with Gasteiger partial charge in [0.1, 0.15) is 5.82 Å². The lowest BCUT2D eigenvalue weighted by Crippen LogP contribution is -2.40. The molecule has 0 aliphatic heterocycles. The molecule has 0 saturated heterocycles. The summed E-state index contributed by atoms with van der Waals surface area (Å²) in [4.78, 5) is 20.0. The number of fused-ring (bicyclic) bond motifs is 1. The number of amides is 1. The molecule has 0 unspecified atom stereocenters. The molecule has 1 saturated carbocycles. The van der Waals surface area contributed by atoms with Gasteiger partial charge in [0.15, 0.2) is 0 Å². The van der Waals surface area contributed by atoms with E-state index in [4.69, 9.17) is 4.98 Å². The van der Waals surface area contributed by atoms with Crippen LogP contribution in [0.2, 0.25) is 0 Å². The summed E-state index contributed by atoms with van der Waals surface area (Å²) >= 11 is 1.49. The molecule has 1 aromatic carbocycles. The lowest BCUT2D eigenvalue weighted by molar-refractivity contribution is 0.0930. The van der Waals surface area contributed by atoms with Crippen LogP contribution in [-0.4, -0.2) is 37.1 Å². The number of aromatic nitrogens is 1. The number of carbonyl (C=O) groups is 1. The molecule has 3 aromatic rings. The van der Waals surface area contributed by atoms with E-state index < -0.39 is 0 Å². The highest BCUT2D eigenvalue weighted by molar-refractivity contribution is 7.12. The highest BCUT2D eigenvalue weighted by Crippen LogP contribution is 2.29. The fourth-order valence-electron chi connectivity index (χ4n) is 3.86. The third-order valence-corrected chi connectivity index (χ3v) is 6.20. The van der Waals surface area contributed by atoms with Crippen LogP contribution < -0.4 is 15.5 Å². The molecular weight excluding hydrogens is 368 g/mol. The Morgan fingerprint density at radius 1 is 1.07 bits per heavy atom. The van der Waals surface area contributed by atoms with Crippen LogP contribution in [0, 0.1) is 0 Å². The van der Waals surface area contributed by atoms with Crippen LogP contribution >= 0.6 is 11.3 Å². The maximum absolute atomic E-state index is 12.2. The van der Waals surface area contributed by atoms with Gasteiger partial charge in [0, 0.05) is 43.3 Å². The first kappa shape index (κ1) is 18.7. The van der Waals surface area contributed by atoms with Crippen molar-refractivity contribution in [2.45, 2.75) is 37.8 Å². The predicted molar refractivity (Wildman–Crippen MR) is 118 cm³/mol. The Hall–Kier alpha value is -2.60. The zero-order chi connectivity index (χ0) is 19.5. The summed E-state index contributed by atoms with van der Waals surface area (Å²) in [7, 11) is 4.13. The minimum atomic E-state index is 0.0539. The summed E-state index contributed by atoms with van der Waals surface area (Å²) in [5.41, 5.74) is 2.18. The Labute approximate surface area is 169 Å². The second-order valence-corrected chi connectivity index (χ2v) is 8.53. The summed E-state index contributed by atoms with van der Waals surface area (Å²) in [6, 6.07) is 14.8. The number of benzene rings is 1. The standard InChI is InChI=1S/C22H26N4OS/c1-26(2)19-14-21(25-18-7-4-3-6-17(18)19)23-15-9-11-16(12-10-15)24-22(27)20-8-5-13-28-20/h3-8,13-16H,9-12H2,1-2H3,(H,23,25)(H,24,27). The van der Waals surface area contributed by atoms with Crippen molar-refractivity contribution in [2.75, 3.05) is 24.3 Å². The second kappa shape index (κ2) is 8.19. The zero-order valence-corrected chi connectivity index (χ0v) is 17.1. The summed E-state index contributed by atoms with van der Waals surface area (Å²) in [6.45, 7) is 0. The molecule has 1 amide bonds. The van der Waals surface area contributed by atoms with Gasteiger partial charge in [0.2, 0.25) is 0 Å². The fourth-order valence-corrected chi connectivity index (χ4v) is 4.48. The number of rotatable bonds is 5. The van der Waals surface area contributed by atoms with Gasteiger partial charge in [0.05, 0.1) is 10.4 Å². The first-order valence-corrected chi connectivity index (χ1v) is 10.7. The highest BCUT2D eigenvalue weighted by atomic mass is 32.1. The SMILES string of the molecule is CN(C)c1cc(NC2CCC(NC(=O)c3cccs3)CC2)nc2ccccc12. The van der Waals surface area contributed by atoms with Crippen molar-refractivity contribution in [3.05, 3.63) is 52.7 Å². The van der Waals surface area contributed by atoms with Gasteiger partial charge in [-0.3, -0.25) is 4.79 Å². The minimum absolute atomic E-state index is 0.0539. The van der Waals surface area contributed by atoms with Crippen molar-refractivity contribution in [3.63, 3.8) is 0 Å². The van der Waals surface area contributed by atoms with E-state index in [1.165, 1.54) is 17.0 Å². The average molecular weight is 395 g/mol. The van der Waals surface area contributed by atoms with Crippen molar-refractivity contribution < 1.29 is 4.79 Å². The first-order valence-electron chi connectivity index (χ1n) is 9.78. The molecule has 6 heteroatoms. The molecule has 4 rings (SSSR count). The Balaban J connectivity index is 1.39. The van der Waals surface area contributed by atoms with Crippen LogP contribution in [0.4, 0.5) is 11.5 Å². The van der Waals surface area contributed by atoms with Crippen LogP contribution in [0.15, 0.2) is 47.8 Å². The molecular formula is C22H26N4OS. The van der Waals surface area contributed by atoms with Crippen LogP contribution in [0.3, 0.4) is 0 Å². The monoisotopic (exact) mass is 394 g/mol. The van der Waals surface area contributed by atoms with Gasteiger partial charge in [-0.05, 0) is 43.2 Å². The number of hydrogen-bond acceptors (Lipinski definition) is 5. The van der Waals surface area contributed by atoms with Gasteiger partial charge in [-0.1, -0.05) is 24.3 Å². The van der Waals surface area contributed by atoms with Gasteiger partial charge in [0.25, 0.3) is 5.91 Å². The molecule has 0 bridgehead atoms. The first-order chi connectivity index (χ1) is 13.6. The molecule has 2 N–H and O–H groups in total. The largest absolute Gasteiger partial charge is 0.377 e. The maximum Gasteiger partial charge on any atom is 0.261 e. The number of thiophene rings is 1. The molecule has 1 aliphatic carbocycles. The number of anilines is 2. The van der Waals surface area contributed by atoms with Crippen molar-refractivity contribution in [1.82, 2.24) is 10.3 Å². The molecule has 1 fully saturated rings. The summed E-state index contributed by atoms with van der Waals surface area (Å²) < 4.78 is 0. The van der Waals surface area contributed by atoms with E-state index in [1.54, 1.807) is 0 Å². The highest BCUT2D eigenvalue weighted by Gasteiger charge is 2.23. The molecule has 28 heavy (non-hydrogen) atoms.